The summed E-state index contributed by atoms with van der Waals surface area (Å²) in [4.78, 5) is 15.3. The molecule has 0 unspecified atom stereocenters. The SMILES string of the molecule is O=C(N[C@H](CN1CCC1)[C@H](O)c1ccc(OC2CC2)c(Cl)c1)C(=NO)c1cc2cc(Cl)ccc2o1. The first-order chi connectivity index (χ1) is 16.9. The van der Waals surface area contributed by atoms with Crippen molar-refractivity contribution in [3.05, 3.63) is 63.8 Å². The minimum atomic E-state index is -1.05. The van der Waals surface area contributed by atoms with Crippen LogP contribution in [0.1, 0.15) is 36.7 Å². The molecule has 0 spiro atoms. The van der Waals surface area contributed by atoms with Gasteiger partial charge in [-0.25, -0.2) is 0 Å². The maximum absolute atomic E-state index is 13.1. The zero-order valence-electron chi connectivity index (χ0n) is 18.8. The maximum atomic E-state index is 13.1. The van der Waals surface area contributed by atoms with Crippen molar-refractivity contribution in [2.75, 3.05) is 19.6 Å². The minimum Gasteiger partial charge on any atom is -0.489 e. The Morgan fingerprint density at radius 1 is 1.20 bits per heavy atom. The molecule has 184 valence electrons. The number of furan rings is 1. The van der Waals surface area contributed by atoms with Crippen molar-refractivity contribution in [2.24, 2.45) is 5.16 Å². The monoisotopic (exact) mass is 517 g/mol. The number of halogens is 2. The Balaban J connectivity index is 1.35. The molecule has 8 nitrogen and oxygen atoms in total. The van der Waals surface area contributed by atoms with Gasteiger partial charge in [0.1, 0.15) is 17.4 Å². The van der Waals surface area contributed by atoms with E-state index in [-0.39, 0.29) is 17.6 Å². The third-order valence-corrected chi connectivity index (χ3v) is 6.77. The zero-order chi connectivity index (χ0) is 24.5. The Hall–Kier alpha value is -2.78. The number of hydrogen-bond donors (Lipinski definition) is 3. The largest absolute Gasteiger partial charge is 0.489 e. The number of benzene rings is 2. The molecule has 1 saturated carbocycles. The summed E-state index contributed by atoms with van der Waals surface area (Å²) in [6, 6.07) is 11.1. The van der Waals surface area contributed by atoms with E-state index in [4.69, 9.17) is 32.4 Å². The molecule has 0 bridgehead atoms. The summed E-state index contributed by atoms with van der Waals surface area (Å²) in [6.45, 7) is 2.16. The number of carbonyl (C=O) groups excluding carboxylic acids is 1. The van der Waals surface area contributed by atoms with Gasteiger partial charge in [0, 0.05) is 17.0 Å². The summed E-state index contributed by atoms with van der Waals surface area (Å²) in [5.74, 6) is -0.0146. The Morgan fingerprint density at radius 3 is 2.66 bits per heavy atom. The number of aliphatic hydroxyl groups excluding tert-OH is 1. The second-order valence-corrected chi connectivity index (χ2v) is 9.77. The summed E-state index contributed by atoms with van der Waals surface area (Å²) >= 11 is 12.4. The summed E-state index contributed by atoms with van der Waals surface area (Å²) < 4.78 is 11.5. The number of hydrogen-bond acceptors (Lipinski definition) is 7. The van der Waals surface area contributed by atoms with Crippen LogP contribution in [0.25, 0.3) is 11.0 Å². The Morgan fingerprint density at radius 2 is 2.00 bits per heavy atom. The van der Waals surface area contributed by atoms with Gasteiger partial charge in [0.15, 0.2) is 5.76 Å². The van der Waals surface area contributed by atoms with Crippen LogP contribution < -0.4 is 10.1 Å². The fourth-order valence-electron chi connectivity index (χ4n) is 4.04. The van der Waals surface area contributed by atoms with Crippen LogP contribution in [0.5, 0.6) is 5.75 Å². The van der Waals surface area contributed by atoms with E-state index in [1.165, 1.54) is 0 Å². The van der Waals surface area contributed by atoms with E-state index in [0.717, 1.165) is 32.4 Å². The van der Waals surface area contributed by atoms with Gasteiger partial charge in [-0.3, -0.25) is 4.79 Å². The van der Waals surface area contributed by atoms with Gasteiger partial charge >= 0.3 is 0 Å². The minimum absolute atomic E-state index is 0.0871. The molecule has 10 heteroatoms. The van der Waals surface area contributed by atoms with Gasteiger partial charge in [-0.2, -0.15) is 0 Å². The first-order valence-corrected chi connectivity index (χ1v) is 12.3. The lowest BCUT2D eigenvalue weighted by Gasteiger charge is -2.36. The van der Waals surface area contributed by atoms with E-state index in [2.05, 4.69) is 15.4 Å². The Bertz CT molecular complexity index is 1270. The maximum Gasteiger partial charge on any atom is 0.277 e. The van der Waals surface area contributed by atoms with Crippen molar-refractivity contribution >= 4 is 45.8 Å². The van der Waals surface area contributed by atoms with E-state index in [1.54, 1.807) is 42.5 Å². The third-order valence-electron chi connectivity index (χ3n) is 6.24. The van der Waals surface area contributed by atoms with Gasteiger partial charge in [-0.15, -0.1) is 0 Å². The number of nitrogens with zero attached hydrogens (tertiary/aromatic N) is 2. The lowest BCUT2D eigenvalue weighted by molar-refractivity contribution is -0.116. The van der Waals surface area contributed by atoms with Crippen LogP contribution >= 0.6 is 23.2 Å². The highest BCUT2D eigenvalue weighted by Crippen LogP contribution is 2.34. The first-order valence-electron chi connectivity index (χ1n) is 11.5. The number of amides is 1. The molecule has 2 fully saturated rings. The van der Waals surface area contributed by atoms with Crippen molar-refractivity contribution in [2.45, 2.75) is 37.5 Å². The number of aliphatic hydroxyl groups is 1. The highest BCUT2D eigenvalue weighted by Gasteiger charge is 2.31. The highest BCUT2D eigenvalue weighted by molar-refractivity contribution is 6.44. The molecule has 1 aliphatic heterocycles. The van der Waals surface area contributed by atoms with Crippen molar-refractivity contribution in [3.8, 4) is 5.75 Å². The molecule has 3 N–H and O–H groups in total. The lowest BCUT2D eigenvalue weighted by atomic mass is 10.00. The highest BCUT2D eigenvalue weighted by atomic mass is 35.5. The molecule has 3 aromatic rings. The molecular weight excluding hydrogens is 493 g/mol. The van der Waals surface area contributed by atoms with Crippen LogP contribution in [0, 0.1) is 0 Å². The predicted octanol–water partition coefficient (Wildman–Crippen LogP) is 4.38. The standard InChI is InChI=1S/C25H25Cl2N3O5/c26-16-3-7-20-15(10-16)12-22(35-20)23(29-33)25(32)28-19(13-30-8-1-9-30)24(31)14-2-6-21(18(27)11-14)34-17-4-5-17/h2-3,6-7,10-12,17,19,24,31,33H,1,4-5,8-9,13H2,(H,28,32)/t19-,24-/m1/s1. The van der Waals surface area contributed by atoms with E-state index in [1.807, 2.05) is 0 Å². The van der Waals surface area contributed by atoms with Gasteiger partial charge in [0.2, 0.25) is 5.71 Å². The van der Waals surface area contributed by atoms with E-state index in [9.17, 15) is 15.1 Å². The van der Waals surface area contributed by atoms with Crippen LogP contribution in [0.3, 0.4) is 0 Å². The number of ether oxygens (including phenoxy) is 1. The van der Waals surface area contributed by atoms with Crippen molar-refractivity contribution in [3.63, 3.8) is 0 Å². The quantitative estimate of drug-likeness (QED) is 0.221. The topological polar surface area (TPSA) is 108 Å². The van der Waals surface area contributed by atoms with Gasteiger partial charge in [-0.05, 0) is 74.3 Å². The van der Waals surface area contributed by atoms with Crippen LogP contribution in [-0.4, -0.2) is 58.6 Å². The van der Waals surface area contributed by atoms with Crippen molar-refractivity contribution in [1.82, 2.24) is 10.2 Å². The number of fused-ring (bicyclic) bond motifs is 1. The van der Waals surface area contributed by atoms with Crippen LogP contribution in [0.2, 0.25) is 10.0 Å². The average molecular weight is 518 g/mol. The number of oxime groups is 1. The van der Waals surface area contributed by atoms with Crippen LogP contribution in [-0.2, 0) is 4.79 Å². The summed E-state index contributed by atoms with van der Waals surface area (Å²) in [6.07, 6.45) is 2.23. The molecule has 1 saturated heterocycles. The fraction of sp³-hybridized carbons (Fsp3) is 0.360. The molecule has 35 heavy (non-hydrogen) atoms. The smallest absolute Gasteiger partial charge is 0.277 e. The molecule has 1 aliphatic carbocycles. The molecule has 1 aromatic heterocycles. The molecular formula is C25H25Cl2N3O5. The summed E-state index contributed by atoms with van der Waals surface area (Å²) in [5, 5.41) is 28.4. The zero-order valence-corrected chi connectivity index (χ0v) is 20.3. The summed E-state index contributed by atoms with van der Waals surface area (Å²) in [5.41, 5.74) is 0.743. The molecule has 2 aliphatic rings. The normalized spacial score (nSPS) is 18.2. The Labute approximate surface area is 212 Å². The number of carbonyl (C=O) groups is 1. The van der Waals surface area contributed by atoms with Crippen molar-refractivity contribution < 1.29 is 24.3 Å². The fourth-order valence-corrected chi connectivity index (χ4v) is 4.45. The number of nitrogens with one attached hydrogen (secondary N) is 1. The van der Waals surface area contributed by atoms with Gasteiger partial charge in [0.05, 0.1) is 17.2 Å². The molecule has 2 aromatic carbocycles. The van der Waals surface area contributed by atoms with Gasteiger partial charge in [0.25, 0.3) is 5.91 Å². The average Bonchev–Trinajstić information content (AvgIpc) is 3.53. The van der Waals surface area contributed by atoms with Crippen molar-refractivity contribution in [1.29, 1.82) is 0 Å². The van der Waals surface area contributed by atoms with E-state index >= 15 is 0 Å². The number of rotatable bonds is 9. The van der Waals surface area contributed by atoms with E-state index in [0.29, 0.717) is 38.9 Å². The lowest BCUT2D eigenvalue weighted by Crippen LogP contribution is -2.52. The molecule has 1 amide bonds. The molecule has 2 heterocycles. The molecule has 2 atom stereocenters. The Kier molecular flexibility index (Phi) is 6.88. The second kappa shape index (κ2) is 10.1. The third kappa shape index (κ3) is 5.41. The second-order valence-electron chi connectivity index (χ2n) is 8.93. The van der Waals surface area contributed by atoms with Gasteiger partial charge in [-0.1, -0.05) is 34.4 Å². The predicted molar refractivity (Wildman–Crippen MR) is 133 cm³/mol. The first kappa shape index (κ1) is 23.9. The summed E-state index contributed by atoms with van der Waals surface area (Å²) in [7, 11) is 0. The van der Waals surface area contributed by atoms with Crippen LogP contribution in [0.4, 0.5) is 0 Å². The molecule has 0 radical (unpaired) electrons. The van der Waals surface area contributed by atoms with Gasteiger partial charge < -0.3 is 29.7 Å². The number of likely N-dealkylation sites (tertiary alicyclic amines) is 1. The molecule has 5 rings (SSSR count). The van der Waals surface area contributed by atoms with Crippen LogP contribution in [0.15, 0.2) is 52.0 Å². The van der Waals surface area contributed by atoms with E-state index < -0.39 is 18.1 Å².